The van der Waals surface area contributed by atoms with E-state index < -0.39 is 11.7 Å². The molecule has 17 heavy (non-hydrogen) atoms. The second kappa shape index (κ2) is 5.40. The first-order valence-electron chi connectivity index (χ1n) is 5.44. The number of hydrogen-bond donors (Lipinski definition) is 1. The van der Waals surface area contributed by atoms with Crippen LogP contribution in [0.15, 0.2) is 18.2 Å². The van der Waals surface area contributed by atoms with Gasteiger partial charge >= 0.3 is 6.18 Å². The van der Waals surface area contributed by atoms with E-state index in [1.807, 2.05) is 6.92 Å². The van der Waals surface area contributed by atoms with Gasteiger partial charge in [-0.15, -0.1) is 0 Å². The van der Waals surface area contributed by atoms with E-state index >= 15 is 0 Å². The van der Waals surface area contributed by atoms with Gasteiger partial charge in [0.05, 0.1) is 5.56 Å². The van der Waals surface area contributed by atoms with E-state index in [-0.39, 0.29) is 5.69 Å². The van der Waals surface area contributed by atoms with Gasteiger partial charge < -0.3 is 10.2 Å². The first-order valence-corrected chi connectivity index (χ1v) is 5.44. The zero-order valence-electron chi connectivity index (χ0n) is 10.2. The summed E-state index contributed by atoms with van der Waals surface area (Å²) < 4.78 is 38.6. The van der Waals surface area contributed by atoms with Crippen molar-refractivity contribution in [3.63, 3.8) is 0 Å². The summed E-state index contributed by atoms with van der Waals surface area (Å²) >= 11 is 0. The van der Waals surface area contributed by atoms with Crippen LogP contribution in [0.1, 0.15) is 18.1 Å². The number of anilines is 1. The first kappa shape index (κ1) is 13.8. The summed E-state index contributed by atoms with van der Waals surface area (Å²) in [5.41, 5.74) is 0.250. The Hall–Kier alpha value is -1.23. The molecule has 0 aromatic heterocycles. The van der Waals surface area contributed by atoms with Gasteiger partial charge in [0, 0.05) is 26.3 Å². The molecule has 0 saturated carbocycles. The number of nitrogens with zero attached hydrogens (tertiary/aromatic N) is 1. The molecule has 5 heteroatoms. The fourth-order valence-corrected chi connectivity index (χ4v) is 1.58. The minimum atomic E-state index is -4.32. The normalized spacial score (nSPS) is 11.6. The van der Waals surface area contributed by atoms with Crippen molar-refractivity contribution in [2.45, 2.75) is 19.6 Å². The number of benzene rings is 1. The van der Waals surface area contributed by atoms with Gasteiger partial charge in [0.1, 0.15) is 0 Å². The standard InChI is InChI=1S/C12H17F3N2/c1-4-16-8-9-5-6-11(17(2)3)10(7-9)12(13,14)15/h5-7,16H,4,8H2,1-3H3. The van der Waals surface area contributed by atoms with Crippen LogP contribution in [-0.4, -0.2) is 20.6 Å². The molecule has 0 aliphatic heterocycles. The number of halogens is 3. The zero-order valence-corrected chi connectivity index (χ0v) is 10.2. The lowest BCUT2D eigenvalue weighted by Gasteiger charge is -2.20. The summed E-state index contributed by atoms with van der Waals surface area (Å²) in [6.07, 6.45) is -4.32. The summed E-state index contributed by atoms with van der Waals surface area (Å²) in [7, 11) is 3.21. The molecule has 0 bridgehead atoms. The molecule has 1 aromatic carbocycles. The van der Waals surface area contributed by atoms with Gasteiger partial charge in [-0.1, -0.05) is 13.0 Å². The van der Waals surface area contributed by atoms with Gasteiger partial charge in [-0.3, -0.25) is 0 Å². The summed E-state index contributed by atoms with van der Waals surface area (Å²) in [6, 6.07) is 4.43. The lowest BCUT2D eigenvalue weighted by molar-refractivity contribution is -0.137. The Morgan fingerprint density at radius 2 is 1.88 bits per heavy atom. The lowest BCUT2D eigenvalue weighted by Crippen LogP contribution is -2.18. The van der Waals surface area contributed by atoms with Gasteiger partial charge in [0.2, 0.25) is 0 Å². The number of hydrogen-bond acceptors (Lipinski definition) is 2. The van der Waals surface area contributed by atoms with Crippen molar-refractivity contribution in [2.75, 3.05) is 25.5 Å². The highest BCUT2D eigenvalue weighted by Gasteiger charge is 2.34. The zero-order chi connectivity index (χ0) is 13.1. The van der Waals surface area contributed by atoms with Gasteiger partial charge in [0.15, 0.2) is 0 Å². The van der Waals surface area contributed by atoms with Crippen LogP contribution < -0.4 is 10.2 Å². The van der Waals surface area contributed by atoms with Crippen molar-refractivity contribution in [2.24, 2.45) is 0 Å². The van der Waals surface area contributed by atoms with Gasteiger partial charge in [-0.2, -0.15) is 13.2 Å². The third-order valence-electron chi connectivity index (χ3n) is 2.43. The molecule has 1 aromatic rings. The van der Waals surface area contributed by atoms with Crippen LogP contribution in [0.5, 0.6) is 0 Å². The molecule has 0 heterocycles. The van der Waals surface area contributed by atoms with E-state index in [0.29, 0.717) is 12.1 Å². The van der Waals surface area contributed by atoms with Crippen LogP contribution in [0.2, 0.25) is 0 Å². The molecule has 2 nitrogen and oxygen atoms in total. The SMILES string of the molecule is CCNCc1ccc(N(C)C)c(C(F)(F)F)c1. The van der Waals surface area contributed by atoms with Crippen LogP contribution in [0, 0.1) is 0 Å². The maximum Gasteiger partial charge on any atom is 0.418 e. The van der Waals surface area contributed by atoms with Crippen molar-refractivity contribution >= 4 is 5.69 Å². The summed E-state index contributed by atoms with van der Waals surface area (Å²) in [5, 5.41) is 3.01. The van der Waals surface area contributed by atoms with Crippen LogP contribution >= 0.6 is 0 Å². The Kier molecular flexibility index (Phi) is 4.40. The topological polar surface area (TPSA) is 15.3 Å². The molecule has 1 rings (SSSR count). The van der Waals surface area contributed by atoms with E-state index in [4.69, 9.17) is 0 Å². The van der Waals surface area contributed by atoms with Crippen LogP contribution in [0.4, 0.5) is 18.9 Å². The smallest absolute Gasteiger partial charge is 0.377 e. The van der Waals surface area contributed by atoms with Crippen molar-refractivity contribution in [3.8, 4) is 0 Å². The minimum Gasteiger partial charge on any atom is -0.377 e. The predicted molar refractivity (Wildman–Crippen MR) is 63.2 cm³/mol. The lowest BCUT2D eigenvalue weighted by atomic mass is 10.1. The molecule has 0 saturated heterocycles. The predicted octanol–water partition coefficient (Wildman–Crippen LogP) is 2.88. The van der Waals surface area contributed by atoms with Crippen molar-refractivity contribution in [1.29, 1.82) is 0 Å². The summed E-state index contributed by atoms with van der Waals surface area (Å²) in [6.45, 7) is 3.10. The molecule has 0 amide bonds. The Balaban J connectivity index is 3.11. The van der Waals surface area contributed by atoms with Gasteiger partial charge in [-0.25, -0.2) is 0 Å². The molecule has 0 fully saturated rings. The van der Waals surface area contributed by atoms with Gasteiger partial charge in [-0.05, 0) is 24.2 Å². The largest absolute Gasteiger partial charge is 0.418 e. The summed E-state index contributed by atoms with van der Waals surface area (Å²) in [5.74, 6) is 0. The molecular weight excluding hydrogens is 229 g/mol. The quantitative estimate of drug-likeness (QED) is 0.878. The van der Waals surface area contributed by atoms with Crippen LogP contribution in [0.3, 0.4) is 0 Å². The number of rotatable bonds is 4. The van der Waals surface area contributed by atoms with Crippen LogP contribution in [0.25, 0.3) is 0 Å². The van der Waals surface area contributed by atoms with Crippen molar-refractivity contribution < 1.29 is 13.2 Å². The Bertz CT molecular complexity index is 373. The molecule has 0 aliphatic rings. The molecule has 0 radical (unpaired) electrons. The third kappa shape index (κ3) is 3.63. The second-order valence-electron chi connectivity index (χ2n) is 4.02. The monoisotopic (exact) mass is 246 g/mol. The molecule has 96 valence electrons. The Morgan fingerprint density at radius 1 is 1.24 bits per heavy atom. The number of alkyl halides is 3. The molecule has 0 spiro atoms. The maximum absolute atomic E-state index is 12.9. The number of nitrogens with one attached hydrogen (secondary N) is 1. The highest BCUT2D eigenvalue weighted by atomic mass is 19.4. The average molecular weight is 246 g/mol. The van der Waals surface area contributed by atoms with E-state index in [0.717, 1.165) is 6.54 Å². The second-order valence-corrected chi connectivity index (χ2v) is 4.02. The molecular formula is C12H17F3N2. The van der Waals surface area contributed by atoms with E-state index in [1.165, 1.54) is 17.0 Å². The minimum absolute atomic E-state index is 0.192. The fourth-order valence-electron chi connectivity index (χ4n) is 1.58. The van der Waals surface area contributed by atoms with Crippen molar-refractivity contribution in [1.82, 2.24) is 5.32 Å². The van der Waals surface area contributed by atoms with Crippen molar-refractivity contribution in [3.05, 3.63) is 29.3 Å². The summed E-state index contributed by atoms with van der Waals surface area (Å²) in [4.78, 5) is 1.47. The molecule has 1 N–H and O–H groups in total. The highest BCUT2D eigenvalue weighted by molar-refractivity contribution is 5.55. The molecule has 0 unspecified atom stereocenters. The first-order chi connectivity index (χ1) is 7.86. The Labute approximate surface area is 99.4 Å². The fraction of sp³-hybridized carbons (Fsp3) is 0.500. The van der Waals surface area contributed by atoms with E-state index in [1.54, 1.807) is 20.2 Å². The van der Waals surface area contributed by atoms with Gasteiger partial charge in [0.25, 0.3) is 0 Å². The average Bonchev–Trinajstić information content (AvgIpc) is 2.24. The molecule has 0 atom stereocenters. The van der Waals surface area contributed by atoms with E-state index in [9.17, 15) is 13.2 Å². The third-order valence-corrected chi connectivity index (χ3v) is 2.43. The highest BCUT2D eigenvalue weighted by Crippen LogP contribution is 2.36. The molecule has 0 aliphatic carbocycles. The maximum atomic E-state index is 12.9. The van der Waals surface area contributed by atoms with E-state index in [2.05, 4.69) is 5.32 Å². The van der Waals surface area contributed by atoms with Crippen LogP contribution in [-0.2, 0) is 12.7 Å². The Morgan fingerprint density at radius 3 is 2.35 bits per heavy atom.